The Bertz CT molecular complexity index is 859. The lowest BCUT2D eigenvalue weighted by Crippen LogP contribution is -2.53. The molecular weight excluding hydrogens is 436 g/mol. The average molecular weight is 473 g/mol. The van der Waals surface area contributed by atoms with Gasteiger partial charge in [0.05, 0.1) is 18.2 Å². The molecule has 7 nitrogen and oxygen atoms in total. The zero-order chi connectivity index (χ0) is 23.2. The molecule has 1 aliphatic carbocycles. The van der Waals surface area contributed by atoms with E-state index in [1.54, 1.807) is 18.7 Å². The average Bonchev–Trinajstić information content (AvgIpc) is 2.85. The minimum Gasteiger partial charge on any atom is -0.463 e. The number of nitrogens with one attached hydrogen (secondary N) is 2. The number of esters is 1. The van der Waals surface area contributed by atoms with E-state index in [9.17, 15) is 9.59 Å². The van der Waals surface area contributed by atoms with Crippen molar-refractivity contribution in [1.29, 1.82) is 0 Å². The van der Waals surface area contributed by atoms with Crippen molar-refractivity contribution in [2.45, 2.75) is 56.0 Å². The van der Waals surface area contributed by atoms with E-state index in [1.165, 1.54) is 32.1 Å². The first-order valence-electron chi connectivity index (χ1n) is 12.2. The number of carbonyl (C=O) groups excluding carboxylic acids is 2. The molecule has 0 radical (unpaired) electrons. The van der Waals surface area contributed by atoms with Gasteiger partial charge in [-0.2, -0.15) is 0 Å². The number of thioether (sulfide) groups is 1. The summed E-state index contributed by atoms with van der Waals surface area (Å²) in [6.45, 7) is 6.59. The van der Waals surface area contributed by atoms with Crippen molar-refractivity contribution in [3.63, 3.8) is 0 Å². The fourth-order valence-electron chi connectivity index (χ4n) is 5.20. The smallest absolute Gasteiger partial charge is 0.338 e. The van der Waals surface area contributed by atoms with E-state index in [4.69, 9.17) is 4.74 Å². The lowest BCUT2D eigenvalue weighted by molar-refractivity contribution is -0.139. The number of ether oxygens (including phenoxy) is 1. The van der Waals surface area contributed by atoms with Gasteiger partial charge in [-0.3, -0.25) is 9.80 Å². The van der Waals surface area contributed by atoms with Gasteiger partial charge in [-0.05, 0) is 43.7 Å². The molecule has 0 bridgehead atoms. The summed E-state index contributed by atoms with van der Waals surface area (Å²) in [4.78, 5) is 31.7. The fraction of sp³-hybridized carbons (Fsp3) is 0.600. The number of hydrogen-bond donors (Lipinski definition) is 2. The van der Waals surface area contributed by atoms with Gasteiger partial charge in [-0.25, -0.2) is 9.59 Å². The third-order valence-electron chi connectivity index (χ3n) is 6.98. The van der Waals surface area contributed by atoms with Crippen LogP contribution in [0.5, 0.6) is 0 Å². The second-order valence-corrected chi connectivity index (χ2v) is 9.90. The summed E-state index contributed by atoms with van der Waals surface area (Å²) in [6.07, 6.45) is 8.72. The van der Waals surface area contributed by atoms with Crippen molar-refractivity contribution in [1.82, 2.24) is 20.4 Å². The standard InChI is InChI=1S/C25H36N4O3S/c1-3-32-24(30)22-21(17-28-13-15-29(16-14-28)19-7-5-4-6-8-19)26-25(31)27-23(22)18-9-11-20(33-2)12-10-18/h9-12,19,23H,3-8,13-17H2,1-2H3,(H2,26,27,31). The molecule has 3 aliphatic rings. The van der Waals surface area contributed by atoms with Gasteiger partial charge in [0.1, 0.15) is 0 Å². The highest BCUT2D eigenvalue weighted by Crippen LogP contribution is 2.30. The number of hydrogen-bond acceptors (Lipinski definition) is 6. The molecule has 1 aromatic carbocycles. The first kappa shape index (κ1) is 24.1. The second-order valence-electron chi connectivity index (χ2n) is 9.02. The van der Waals surface area contributed by atoms with Crippen LogP contribution in [0.3, 0.4) is 0 Å². The first-order valence-corrected chi connectivity index (χ1v) is 13.4. The van der Waals surface area contributed by atoms with E-state index in [0.717, 1.165) is 42.7 Å². The monoisotopic (exact) mass is 472 g/mol. The van der Waals surface area contributed by atoms with Crippen molar-refractivity contribution in [2.24, 2.45) is 0 Å². The number of rotatable bonds is 7. The van der Waals surface area contributed by atoms with E-state index >= 15 is 0 Å². The minimum absolute atomic E-state index is 0.280. The van der Waals surface area contributed by atoms with Crippen LogP contribution in [-0.2, 0) is 9.53 Å². The van der Waals surface area contributed by atoms with Gasteiger partial charge in [-0.15, -0.1) is 11.8 Å². The molecule has 1 unspecified atom stereocenters. The Morgan fingerprint density at radius 1 is 1.09 bits per heavy atom. The first-order chi connectivity index (χ1) is 16.1. The zero-order valence-electron chi connectivity index (χ0n) is 19.8. The lowest BCUT2D eigenvalue weighted by atomic mass is 9.93. The number of carbonyl (C=O) groups is 2. The highest BCUT2D eigenvalue weighted by Gasteiger charge is 2.35. The Morgan fingerprint density at radius 2 is 1.79 bits per heavy atom. The second kappa shape index (κ2) is 11.4. The molecule has 180 valence electrons. The summed E-state index contributed by atoms with van der Waals surface area (Å²) < 4.78 is 5.41. The molecule has 1 atom stereocenters. The van der Waals surface area contributed by atoms with E-state index in [0.29, 0.717) is 24.4 Å². The minimum atomic E-state index is -0.521. The Kier molecular flexibility index (Phi) is 8.33. The molecule has 4 rings (SSSR count). The molecule has 2 N–H and O–H groups in total. The van der Waals surface area contributed by atoms with Gasteiger partial charge in [0, 0.05) is 49.4 Å². The molecular formula is C25H36N4O3S. The van der Waals surface area contributed by atoms with Crippen LogP contribution in [0.2, 0.25) is 0 Å². The maximum atomic E-state index is 13.0. The van der Waals surface area contributed by atoms with Crippen LogP contribution >= 0.6 is 11.8 Å². The summed E-state index contributed by atoms with van der Waals surface area (Å²) in [7, 11) is 0. The fourth-order valence-corrected chi connectivity index (χ4v) is 5.60. The van der Waals surface area contributed by atoms with Crippen molar-refractivity contribution in [3.05, 3.63) is 41.1 Å². The van der Waals surface area contributed by atoms with Gasteiger partial charge in [-0.1, -0.05) is 31.4 Å². The SMILES string of the molecule is CCOC(=O)C1=C(CN2CCN(C3CCCCC3)CC2)NC(=O)NC1c1ccc(SC)cc1. The molecule has 8 heteroatoms. The van der Waals surface area contributed by atoms with Crippen molar-refractivity contribution in [2.75, 3.05) is 45.6 Å². The summed E-state index contributed by atoms with van der Waals surface area (Å²) in [5, 5.41) is 5.85. The molecule has 2 amide bonds. The number of piperazine rings is 1. The number of amides is 2. The number of urea groups is 1. The molecule has 33 heavy (non-hydrogen) atoms. The van der Waals surface area contributed by atoms with Crippen LogP contribution < -0.4 is 10.6 Å². The summed E-state index contributed by atoms with van der Waals surface area (Å²) in [5.74, 6) is -0.375. The van der Waals surface area contributed by atoms with Crippen molar-refractivity contribution < 1.29 is 14.3 Å². The Labute approximate surface area is 201 Å². The molecule has 2 heterocycles. The van der Waals surface area contributed by atoms with Crippen LogP contribution in [0, 0.1) is 0 Å². The highest BCUT2D eigenvalue weighted by molar-refractivity contribution is 7.98. The van der Waals surface area contributed by atoms with Gasteiger partial charge in [0.25, 0.3) is 0 Å². The van der Waals surface area contributed by atoms with Crippen LogP contribution in [0.15, 0.2) is 40.4 Å². The molecule has 1 aromatic rings. The van der Waals surface area contributed by atoms with E-state index in [1.807, 2.05) is 30.5 Å². The topological polar surface area (TPSA) is 73.9 Å². The summed E-state index contributed by atoms with van der Waals surface area (Å²) >= 11 is 1.66. The Morgan fingerprint density at radius 3 is 2.42 bits per heavy atom. The van der Waals surface area contributed by atoms with E-state index < -0.39 is 6.04 Å². The zero-order valence-corrected chi connectivity index (χ0v) is 20.6. The quantitative estimate of drug-likeness (QED) is 0.467. The maximum absolute atomic E-state index is 13.0. The highest BCUT2D eigenvalue weighted by atomic mass is 32.2. The largest absolute Gasteiger partial charge is 0.463 e. The third-order valence-corrected chi connectivity index (χ3v) is 7.72. The molecule has 2 fully saturated rings. The normalized spacial score (nSPS) is 23.2. The Hall–Kier alpha value is -2.03. The predicted molar refractivity (Wildman–Crippen MR) is 131 cm³/mol. The van der Waals surface area contributed by atoms with Gasteiger partial charge in [0.15, 0.2) is 0 Å². The molecule has 1 saturated heterocycles. The molecule has 1 saturated carbocycles. The lowest BCUT2D eigenvalue weighted by Gasteiger charge is -2.41. The van der Waals surface area contributed by atoms with Crippen LogP contribution in [-0.4, -0.2) is 73.4 Å². The van der Waals surface area contributed by atoms with Gasteiger partial charge in [0.2, 0.25) is 0 Å². The van der Waals surface area contributed by atoms with Crippen LogP contribution in [0.1, 0.15) is 50.6 Å². The molecule has 0 aromatic heterocycles. The van der Waals surface area contributed by atoms with Crippen molar-refractivity contribution >= 4 is 23.8 Å². The third kappa shape index (κ3) is 5.91. The summed E-state index contributed by atoms with van der Waals surface area (Å²) in [5.41, 5.74) is 2.04. The number of nitrogens with zero attached hydrogens (tertiary/aromatic N) is 2. The van der Waals surface area contributed by atoms with Crippen LogP contribution in [0.4, 0.5) is 4.79 Å². The predicted octanol–water partition coefficient (Wildman–Crippen LogP) is 3.53. The Balaban J connectivity index is 1.52. The van der Waals surface area contributed by atoms with Crippen LogP contribution in [0.25, 0.3) is 0 Å². The van der Waals surface area contributed by atoms with Gasteiger partial charge >= 0.3 is 12.0 Å². The number of benzene rings is 1. The van der Waals surface area contributed by atoms with E-state index in [-0.39, 0.29) is 12.0 Å². The van der Waals surface area contributed by atoms with E-state index in [2.05, 4.69) is 20.4 Å². The maximum Gasteiger partial charge on any atom is 0.338 e. The molecule has 0 spiro atoms. The van der Waals surface area contributed by atoms with Crippen molar-refractivity contribution in [3.8, 4) is 0 Å². The van der Waals surface area contributed by atoms with Gasteiger partial charge < -0.3 is 15.4 Å². The summed E-state index contributed by atoms with van der Waals surface area (Å²) in [6, 6.07) is 7.90. The molecule has 2 aliphatic heterocycles.